The summed E-state index contributed by atoms with van der Waals surface area (Å²) in [5.41, 5.74) is 1.20. The third-order valence-corrected chi connectivity index (χ3v) is 8.24. The number of rotatable bonds is 2. The molecule has 4 rings (SSSR count). The zero-order chi connectivity index (χ0) is 23.8. The molecule has 2 aliphatic carbocycles. The number of hydrogen-bond acceptors (Lipinski definition) is 2. The van der Waals surface area contributed by atoms with Gasteiger partial charge in [0, 0.05) is 26.2 Å². The van der Waals surface area contributed by atoms with Gasteiger partial charge in [-0.3, -0.25) is 9.59 Å². The van der Waals surface area contributed by atoms with Crippen molar-refractivity contribution in [3.05, 3.63) is 12.7 Å². The Labute approximate surface area is 197 Å². The largest absolute Gasteiger partial charge is 0.339 e. The lowest BCUT2D eigenvalue weighted by atomic mass is 9.57. The van der Waals surface area contributed by atoms with Crippen LogP contribution in [0.15, 0.2) is 12.7 Å². The Hall–Kier alpha value is -1.76. The van der Waals surface area contributed by atoms with Crippen molar-refractivity contribution in [3.63, 3.8) is 0 Å². The van der Waals surface area contributed by atoms with E-state index >= 15 is 0 Å². The van der Waals surface area contributed by atoms with Gasteiger partial charge in [0.15, 0.2) is 0 Å². The lowest BCUT2D eigenvalue weighted by Crippen LogP contribution is -2.48. The summed E-state index contributed by atoms with van der Waals surface area (Å²) in [6.45, 7) is 17.6. The average molecular weight is 443 g/mol. The van der Waals surface area contributed by atoms with E-state index in [-0.39, 0.29) is 11.8 Å². The van der Waals surface area contributed by atoms with Gasteiger partial charge in [-0.2, -0.15) is 0 Å². The van der Waals surface area contributed by atoms with Crippen LogP contribution in [0.1, 0.15) is 92.4 Å². The fraction of sp³-hybridized carbons (Fsp3) is 0.786. The number of nitrogens with zero attached hydrogens (tertiary/aromatic N) is 2. The van der Waals surface area contributed by atoms with E-state index < -0.39 is 0 Å². The van der Waals surface area contributed by atoms with E-state index in [1.54, 1.807) is 6.92 Å². The van der Waals surface area contributed by atoms with Gasteiger partial charge in [0.1, 0.15) is 0 Å². The molecular formula is C28H46N2O2. The fourth-order valence-electron chi connectivity index (χ4n) is 6.39. The third kappa shape index (κ3) is 6.40. The summed E-state index contributed by atoms with van der Waals surface area (Å²) in [4.78, 5) is 26.8. The van der Waals surface area contributed by atoms with Gasteiger partial charge < -0.3 is 9.80 Å². The minimum Gasteiger partial charge on any atom is -0.339 e. The topological polar surface area (TPSA) is 40.6 Å². The minimum atomic E-state index is 0.0136. The van der Waals surface area contributed by atoms with Gasteiger partial charge in [0.25, 0.3) is 5.91 Å². The maximum Gasteiger partial charge on any atom is 0.298 e. The predicted molar refractivity (Wildman–Crippen MR) is 133 cm³/mol. The Balaban J connectivity index is 0.000000211. The summed E-state index contributed by atoms with van der Waals surface area (Å²) < 4.78 is 0. The maximum absolute atomic E-state index is 11.5. The zero-order valence-electron chi connectivity index (χ0n) is 21.3. The van der Waals surface area contributed by atoms with Crippen LogP contribution in [0.5, 0.6) is 0 Å². The van der Waals surface area contributed by atoms with Crippen LogP contribution in [-0.2, 0) is 9.59 Å². The number of amides is 2. The van der Waals surface area contributed by atoms with Crippen LogP contribution in [0.2, 0.25) is 0 Å². The van der Waals surface area contributed by atoms with Gasteiger partial charge >= 0.3 is 0 Å². The van der Waals surface area contributed by atoms with Crippen LogP contribution in [0, 0.1) is 34.5 Å². The Morgan fingerprint density at radius 2 is 1.41 bits per heavy atom. The lowest BCUT2D eigenvalue weighted by Gasteiger charge is -2.52. The second kappa shape index (κ2) is 11.9. The van der Waals surface area contributed by atoms with Gasteiger partial charge in [-0.05, 0) is 93.0 Å². The molecule has 0 N–H and O–H groups in total. The highest BCUT2D eigenvalue weighted by molar-refractivity contribution is 5.93. The molecule has 0 aromatic carbocycles. The first-order valence-electron chi connectivity index (χ1n) is 13.0. The molecule has 180 valence electrons. The van der Waals surface area contributed by atoms with Crippen molar-refractivity contribution >= 4 is 11.8 Å². The smallest absolute Gasteiger partial charge is 0.298 e. The predicted octanol–water partition coefficient (Wildman–Crippen LogP) is 5.68. The molecule has 2 heterocycles. The molecule has 32 heavy (non-hydrogen) atoms. The minimum absolute atomic E-state index is 0.0136. The highest BCUT2D eigenvalue weighted by Crippen LogP contribution is 2.53. The Morgan fingerprint density at radius 1 is 0.938 bits per heavy atom. The third-order valence-electron chi connectivity index (χ3n) is 8.24. The molecule has 2 aliphatic heterocycles. The standard InChI is InChI=1S/C13H19NO.C13H21NO.C2H6/c1-3-4-12(15)14-7-5-13(6-8-14)9-11(2)10-13;1-3-11-9-13(10-11)5-7-14(8-6-13)12(15)4-2;1-2/h11H,5-10H2,1-2H3;4,11H,2-3,5-10H2,1H3;1-2H3. The van der Waals surface area contributed by atoms with E-state index in [0.29, 0.717) is 10.8 Å². The van der Waals surface area contributed by atoms with Crippen molar-refractivity contribution < 1.29 is 9.59 Å². The van der Waals surface area contributed by atoms with Crippen molar-refractivity contribution in [2.24, 2.45) is 22.7 Å². The molecule has 2 saturated carbocycles. The van der Waals surface area contributed by atoms with Crippen LogP contribution >= 0.6 is 0 Å². The molecule has 4 fully saturated rings. The SMILES string of the molecule is C=CC(=O)N1CCC2(CC1)CC(CC)C2.CC.CC#CC(=O)N1CCC2(CC1)CC(C)C2. The first kappa shape index (κ1) is 26.5. The first-order valence-corrected chi connectivity index (χ1v) is 13.0. The van der Waals surface area contributed by atoms with E-state index in [9.17, 15) is 9.59 Å². The molecule has 0 aromatic rings. The van der Waals surface area contributed by atoms with Crippen molar-refractivity contribution in [1.29, 1.82) is 0 Å². The molecule has 2 amide bonds. The van der Waals surface area contributed by atoms with E-state index in [1.165, 1.54) is 63.9 Å². The van der Waals surface area contributed by atoms with E-state index in [4.69, 9.17) is 0 Å². The maximum atomic E-state index is 11.5. The molecule has 0 atom stereocenters. The van der Waals surface area contributed by atoms with Crippen molar-refractivity contribution in [1.82, 2.24) is 9.80 Å². The molecule has 0 bridgehead atoms. The van der Waals surface area contributed by atoms with E-state index in [2.05, 4.69) is 32.3 Å². The summed E-state index contributed by atoms with van der Waals surface area (Å²) in [5.74, 6) is 7.29. The Bertz CT molecular complexity index is 685. The molecule has 0 aromatic heterocycles. The molecule has 2 saturated heterocycles. The van der Waals surface area contributed by atoms with Crippen molar-refractivity contribution in [2.75, 3.05) is 26.2 Å². The van der Waals surface area contributed by atoms with Gasteiger partial charge in [-0.1, -0.05) is 46.6 Å². The second-order valence-electron chi connectivity index (χ2n) is 10.4. The Morgan fingerprint density at radius 3 is 1.81 bits per heavy atom. The molecule has 0 unspecified atom stereocenters. The first-order chi connectivity index (χ1) is 15.3. The zero-order valence-corrected chi connectivity index (χ0v) is 21.3. The van der Waals surface area contributed by atoms with Crippen LogP contribution in [-0.4, -0.2) is 47.8 Å². The van der Waals surface area contributed by atoms with E-state index in [0.717, 1.165) is 38.0 Å². The van der Waals surface area contributed by atoms with Crippen LogP contribution in [0.3, 0.4) is 0 Å². The van der Waals surface area contributed by atoms with Crippen LogP contribution in [0.4, 0.5) is 0 Å². The molecule has 4 aliphatic rings. The van der Waals surface area contributed by atoms with Crippen LogP contribution < -0.4 is 0 Å². The molecule has 4 heteroatoms. The number of carbonyl (C=O) groups is 2. The highest BCUT2D eigenvalue weighted by atomic mass is 16.2. The number of hydrogen-bond donors (Lipinski definition) is 0. The quantitative estimate of drug-likeness (QED) is 0.408. The highest BCUT2D eigenvalue weighted by Gasteiger charge is 2.45. The second-order valence-corrected chi connectivity index (χ2v) is 10.4. The lowest BCUT2D eigenvalue weighted by molar-refractivity contribution is -0.130. The summed E-state index contributed by atoms with van der Waals surface area (Å²) in [5, 5.41) is 0. The molecular weight excluding hydrogens is 396 g/mol. The Kier molecular flexibility index (Phi) is 9.86. The molecule has 2 spiro atoms. The monoisotopic (exact) mass is 442 g/mol. The number of likely N-dealkylation sites (tertiary alicyclic amines) is 2. The van der Waals surface area contributed by atoms with E-state index in [1.807, 2.05) is 23.6 Å². The number of carbonyl (C=O) groups excluding carboxylic acids is 2. The molecule has 0 radical (unpaired) electrons. The van der Waals surface area contributed by atoms with Crippen LogP contribution in [0.25, 0.3) is 0 Å². The van der Waals surface area contributed by atoms with Gasteiger partial charge in [-0.25, -0.2) is 0 Å². The van der Waals surface area contributed by atoms with Crippen molar-refractivity contribution in [2.45, 2.75) is 92.4 Å². The van der Waals surface area contributed by atoms with Crippen molar-refractivity contribution in [3.8, 4) is 11.8 Å². The number of piperidine rings is 2. The average Bonchev–Trinajstić information content (AvgIpc) is 2.78. The summed E-state index contributed by atoms with van der Waals surface area (Å²) in [6.07, 6.45) is 13.1. The summed E-state index contributed by atoms with van der Waals surface area (Å²) >= 11 is 0. The van der Waals surface area contributed by atoms with Gasteiger partial charge in [-0.15, -0.1) is 0 Å². The van der Waals surface area contributed by atoms with Gasteiger partial charge in [0.2, 0.25) is 5.91 Å². The fourth-order valence-corrected chi connectivity index (χ4v) is 6.39. The normalized spacial score (nSPS) is 23.3. The van der Waals surface area contributed by atoms with Gasteiger partial charge in [0.05, 0.1) is 0 Å². The summed E-state index contributed by atoms with van der Waals surface area (Å²) in [7, 11) is 0. The molecule has 4 nitrogen and oxygen atoms in total. The summed E-state index contributed by atoms with van der Waals surface area (Å²) in [6, 6.07) is 0.